The molecule has 0 aromatic heterocycles. The molecule has 4 nitrogen and oxygen atoms in total. The number of ether oxygens (including phenoxy) is 2. The lowest BCUT2D eigenvalue weighted by molar-refractivity contribution is 0.0275. The number of nitriles is 1. The Balaban J connectivity index is 3.05. The van der Waals surface area contributed by atoms with Crippen LogP contribution in [0.3, 0.4) is 0 Å². The molecule has 0 radical (unpaired) electrons. The number of benzene rings is 1. The zero-order valence-electron chi connectivity index (χ0n) is 10.7. The normalized spacial score (nSPS) is 10.9. The summed E-state index contributed by atoms with van der Waals surface area (Å²) < 4.78 is 10.9. The summed E-state index contributed by atoms with van der Waals surface area (Å²) in [6.07, 6.45) is 0. The second-order valence-electron chi connectivity index (χ2n) is 4.43. The molecule has 0 aliphatic rings. The van der Waals surface area contributed by atoms with Gasteiger partial charge < -0.3 is 14.6 Å². The van der Waals surface area contributed by atoms with Gasteiger partial charge in [0.2, 0.25) is 0 Å². The molecule has 1 aromatic rings. The number of rotatable bonds is 5. The Morgan fingerprint density at radius 2 is 2.06 bits per heavy atom. The van der Waals surface area contributed by atoms with Gasteiger partial charge >= 0.3 is 0 Å². The highest BCUT2D eigenvalue weighted by molar-refractivity contribution is 6.32. The van der Waals surface area contributed by atoms with Crippen molar-refractivity contribution < 1.29 is 14.6 Å². The number of halogens is 1. The van der Waals surface area contributed by atoms with Crippen LogP contribution in [0, 0.1) is 11.3 Å². The minimum atomic E-state index is -0.972. The maximum atomic E-state index is 9.63. The van der Waals surface area contributed by atoms with Crippen molar-refractivity contribution in [1.29, 1.82) is 5.26 Å². The van der Waals surface area contributed by atoms with Gasteiger partial charge in [-0.2, -0.15) is 5.26 Å². The fourth-order valence-corrected chi connectivity index (χ4v) is 1.55. The van der Waals surface area contributed by atoms with Gasteiger partial charge in [-0.3, -0.25) is 0 Å². The van der Waals surface area contributed by atoms with Gasteiger partial charge in [0.25, 0.3) is 0 Å². The quantitative estimate of drug-likeness (QED) is 0.893. The summed E-state index contributed by atoms with van der Waals surface area (Å²) in [7, 11) is 0. The molecule has 1 N–H and O–H groups in total. The largest absolute Gasteiger partial charge is 0.490 e. The van der Waals surface area contributed by atoms with Gasteiger partial charge in [0.15, 0.2) is 11.5 Å². The molecule has 0 amide bonds. The average Bonchev–Trinajstić information content (AvgIpc) is 2.26. The smallest absolute Gasteiger partial charge is 0.179 e. The molecule has 0 unspecified atom stereocenters. The number of hydrogen-bond acceptors (Lipinski definition) is 4. The molecule has 18 heavy (non-hydrogen) atoms. The van der Waals surface area contributed by atoms with Crippen molar-refractivity contribution >= 4 is 11.6 Å². The van der Waals surface area contributed by atoms with E-state index in [4.69, 9.17) is 26.3 Å². The predicted octanol–water partition coefficient (Wildman–Crippen LogP) is 2.76. The summed E-state index contributed by atoms with van der Waals surface area (Å²) in [5, 5.41) is 18.8. The van der Waals surface area contributed by atoms with Gasteiger partial charge in [-0.15, -0.1) is 0 Å². The third kappa shape index (κ3) is 4.10. The Bertz CT molecular complexity index is 461. The maximum Gasteiger partial charge on any atom is 0.179 e. The minimum absolute atomic E-state index is 0.0820. The van der Waals surface area contributed by atoms with Crippen molar-refractivity contribution in [3.05, 3.63) is 22.7 Å². The molecule has 5 heteroatoms. The van der Waals surface area contributed by atoms with Crippen molar-refractivity contribution in [3.8, 4) is 17.6 Å². The van der Waals surface area contributed by atoms with E-state index < -0.39 is 5.60 Å². The summed E-state index contributed by atoms with van der Waals surface area (Å²) in [5.41, 5.74) is -0.570. The van der Waals surface area contributed by atoms with Crippen molar-refractivity contribution in [2.75, 3.05) is 13.2 Å². The molecule has 0 saturated heterocycles. The highest BCUT2D eigenvalue weighted by Gasteiger charge is 2.18. The van der Waals surface area contributed by atoms with Gasteiger partial charge in [-0.05, 0) is 26.8 Å². The highest BCUT2D eigenvalue weighted by Crippen LogP contribution is 2.36. The summed E-state index contributed by atoms with van der Waals surface area (Å²) in [6.45, 7) is 5.60. The van der Waals surface area contributed by atoms with Gasteiger partial charge in [0.05, 0.1) is 28.9 Å². The Morgan fingerprint density at radius 3 is 2.56 bits per heavy atom. The fraction of sp³-hybridized carbons (Fsp3) is 0.462. The lowest BCUT2D eigenvalue weighted by atomic mass is 10.1. The summed E-state index contributed by atoms with van der Waals surface area (Å²) in [5.74, 6) is 0.755. The molecule has 0 aliphatic heterocycles. The Labute approximate surface area is 112 Å². The first-order valence-corrected chi connectivity index (χ1v) is 5.97. The first-order valence-electron chi connectivity index (χ1n) is 5.59. The third-order valence-electron chi connectivity index (χ3n) is 2.01. The van der Waals surface area contributed by atoms with Gasteiger partial charge in [0, 0.05) is 6.07 Å². The zero-order valence-corrected chi connectivity index (χ0v) is 11.4. The lowest BCUT2D eigenvalue weighted by Gasteiger charge is -2.20. The van der Waals surface area contributed by atoms with E-state index >= 15 is 0 Å². The average molecular weight is 270 g/mol. The molecule has 0 spiro atoms. The molecule has 0 aliphatic carbocycles. The summed E-state index contributed by atoms with van der Waals surface area (Å²) in [6, 6.07) is 5.07. The van der Waals surface area contributed by atoms with Gasteiger partial charge in [-0.1, -0.05) is 11.6 Å². The standard InChI is InChI=1S/C13H16ClNO3/c1-4-17-11-6-9(7-15)5-10(14)12(11)18-8-13(2,3)16/h5-6,16H,4,8H2,1-3H3. The van der Waals surface area contributed by atoms with E-state index in [1.54, 1.807) is 19.9 Å². The van der Waals surface area contributed by atoms with E-state index in [-0.39, 0.29) is 6.61 Å². The molecule has 1 aromatic carbocycles. The summed E-state index contributed by atoms with van der Waals surface area (Å²) >= 11 is 6.04. The van der Waals surface area contributed by atoms with E-state index in [2.05, 4.69) is 0 Å². The van der Waals surface area contributed by atoms with Crippen LogP contribution in [0.1, 0.15) is 26.3 Å². The first-order chi connectivity index (χ1) is 8.37. The van der Waals surface area contributed by atoms with E-state index in [9.17, 15) is 5.11 Å². The maximum absolute atomic E-state index is 9.63. The van der Waals surface area contributed by atoms with Crippen LogP contribution in [0.25, 0.3) is 0 Å². The van der Waals surface area contributed by atoms with Crippen LogP contribution in [-0.4, -0.2) is 23.9 Å². The van der Waals surface area contributed by atoms with Crippen molar-refractivity contribution in [1.82, 2.24) is 0 Å². The highest BCUT2D eigenvalue weighted by atomic mass is 35.5. The Hall–Kier alpha value is -1.44. The second-order valence-corrected chi connectivity index (χ2v) is 4.84. The third-order valence-corrected chi connectivity index (χ3v) is 2.29. The molecular weight excluding hydrogens is 254 g/mol. The minimum Gasteiger partial charge on any atom is -0.490 e. The van der Waals surface area contributed by atoms with E-state index in [1.807, 2.05) is 13.0 Å². The Kier molecular flexibility index (Phi) is 4.83. The zero-order chi connectivity index (χ0) is 13.8. The van der Waals surface area contributed by atoms with Gasteiger partial charge in [-0.25, -0.2) is 0 Å². The molecule has 1 rings (SSSR count). The van der Waals surface area contributed by atoms with Crippen LogP contribution in [0.2, 0.25) is 5.02 Å². The number of nitrogens with zero attached hydrogens (tertiary/aromatic N) is 1. The molecular formula is C13H16ClNO3. The SMILES string of the molecule is CCOc1cc(C#N)cc(Cl)c1OCC(C)(C)O. The van der Waals surface area contributed by atoms with Crippen molar-refractivity contribution in [3.63, 3.8) is 0 Å². The van der Waals surface area contributed by atoms with Crippen molar-refractivity contribution in [2.45, 2.75) is 26.4 Å². The van der Waals surface area contributed by atoms with Gasteiger partial charge in [0.1, 0.15) is 6.61 Å². The van der Waals surface area contributed by atoms with E-state index in [0.29, 0.717) is 28.7 Å². The molecule has 0 atom stereocenters. The molecule has 0 saturated carbocycles. The van der Waals surface area contributed by atoms with Crippen LogP contribution >= 0.6 is 11.6 Å². The van der Waals surface area contributed by atoms with Crippen LogP contribution in [0.5, 0.6) is 11.5 Å². The van der Waals surface area contributed by atoms with Crippen LogP contribution < -0.4 is 9.47 Å². The van der Waals surface area contributed by atoms with E-state index in [0.717, 1.165) is 0 Å². The van der Waals surface area contributed by atoms with Crippen LogP contribution in [-0.2, 0) is 0 Å². The number of aliphatic hydroxyl groups is 1. The second kappa shape index (κ2) is 5.94. The number of hydrogen-bond donors (Lipinski definition) is 1. The lowest BCUT2D eigenvalue weighted by Crippen LogP contribution is -2.28. The molecule has 0 heterocycles. The fourth-order valence-electron chi connectivity index (χ4n) is 1.28. The van der Waals surface area contributed by atoms with Crippen LogP contribution in [0.15, 0.2) is 12.1 Å². The van der Waals surface area contributed by atoms with Crippen LogP contribution in [0.4, 0.5) is 0 Å². The topological polar surface area (TPSA) is 62.5 Å². The van der Waals surface area contributed by atoms with Crippen molar-refractivity contribution in [2.24, 2.45) is 0 Å². The van der Waals surface area contributed by atoms with E-state index in [1.165, 1.54) is 6.07 Å². The molecule has 0 bridgehead atoms. The molecule has 0 fully saturated rings. The monoisotopic (exact) mass is 269 g/mol. The first kappa shape index (κ1) is 14.6. The Morgan fingerprint density at radius 1 is 1.39 bits per heavy atom. The molecule has 98 valence electrons. The summed E-state index contributed by atoms with van der Waals surface area (Å²) in [4.78, 5) is 0. The predicted molar refractivity (Wildman–Crippen MR) is 69.1 cm³/mol.